The molecule has 1 N–H and O–H groups in total. The van der Waals surface area contributed by atoms with Gasteiger partial charge in [0.05, 0.1) is 5.56 Å². The minimum absolute atomic E-state index is 0.0471. The van der Waals surface area contributed by atoms with E-state index < -0.39 is 12.6 Å². The number of alkyl halides is 2. The van der Waals surface area contributed by atoms with Crippen LogP contribution in [-0.4, -0.2) is 24.0 Å². The molecule has 0 amide bonds. The number of hydrogen-bond donors (Lipinski definition) is 1. The molecule has 1 aromatic carbocycles. The van der Waals surface area contributed by atoms with E-state index in [4.69, 9.17) is 5.11 Å². The second-order valence-corrected chi connectivity index (χ2v) is 3.00. The third kappa shape index (κ3) is 2.53. The van der Waals surface area contributed by atoms with Crippen molar-refractivity contribution < 1.29 is 28.2 Å². The summed E-state index contributed by atoms with van der Waals surface area (Å²) in [5.74, 6) is -1.65. The second-order valence-electron chi connectivity index (χ2n) is 3.00. The number of aromatic carboxylic acids is 1. The highest BCUT2D eigenvalue weighted by Crippen LogP contribution is 2.22. The van der Waals surface area contributed by atoms with Crippen LogP contribution in [-0.2, 0) is 0 Å². The van der Waals surface area contributed by atoms with Gasteiger partial charge in [-0.3, -0.25) is 4.79 Å². The first-order valence-corrected chi connectivity index (χ1v) is 4.23. The van der Waals surface area contributed by atoms with E-state index in [9.17, 15) is 18.4 Å². The Hall–Kier alpha value is -1.98. The van der Waals surface area contributed by atoms with Crippen molar-refractivity contribution in [3.63, 3.8) is 0 Å². The molecule has 1 rings (SSSR count). The van der Waals surface area contributed by atoms with Crippen molar-refractivity contribution in [3.8, 4) is 5.75 Å². The number of carbonyl (C=O) groups is 2. The molecule has 1 aromatic rings. The van der Waals surface area contributed by atoms with Gasteiger partial charge in [-0.25, -0.2) is 4.79 Å². The molecule has 0 fully saturated rings. The Bertz CT molecular complexity index is 429. The van der Waals surface area contributed by atoms with Gasteiger partial charge in [-0.1, -0.05) is 0 Å². The van der Waals surface area contributed by atoms with Gasteiger partial charge in [-0.2, -0.15) is 8.78 Å². The molecule has 86 valence electrons. The van der Waals surface area contributed by atoms with Crippen molar-refractivity contribution in [1.29, 1.82) is 0 Å². The molecule has 6 heteroatoms. The zero-order valence-electron chi connectivity index (χ0n) is 8.24. The maximum Gasteiger partial charge on any atom is 0.387 e. The molecule has 0 bridgehead atoms. The highest BCUT2D eigenvalue weighted by Gasteiger charge is 2.15. The van der Waals surface area contributed by atoms with E-state index in [2.05, 4.69) is 4.74 Å². The summed E-state index contributed by atoms with van der Waals surface area (Å²) in [6, 6.07) is 2.08. The lowest BCUT2D eigenvalue weighted by atomic mass is 10.0. The number of carboxylic acids is 1. The molecule has 0 aromatic heterocycles. The Morgan fingerprint density at radius 2 is 2.12 bits per heavy atom. The van der Waals surface area contributed by atoms with Crippen molar-refractivity contribution in [2.45, 2.75) is 13.5 Å². The monoisotopic (exact) mass is 230 g/mol. The van der Waals surface area contributed by atoms with Crippen molar-refractivity contribution in [3.05, 3.63) is 28.8 Å². The van der Waals surface area contributed by atoms with Gasteiger partial charge in [0.1, 0.15) is 5.75 Å². The molecule has 0 unspecified atom stereocenters. The predicted octanol–water partition coefficient (Wildman–Crippen LogP) is 2.11. The largest absolute Gasteiger partial charge is 0.478 e. The molecule has 0 heterocycles. The number of rotatable bonds is 4. The molecule has 0 aliphatic rings. The summed E-state index contributed by atoms with van der Waals surface area (Å²) in [6.07, 6.45) is 0.366. The van der Waals surface area contributed by atoms with Gasteiger partial charge in [-0.05, 0) is 24.6 Å². The summed E-state index contributed by atoms with van der Waals surface area (Å²) in [7, 11) is 0. The van der Waals surface area contributed by atoms with Crippen LogP contribution < -0.4 is 4.74 Å². The Morgan fingerprint density at radius 1 is 1.50 bits per heavy atom. The fourth-order valence-electron chi connectivity index (χ4n) is 1.27. The Balaban J connectivity index is 3.28. The maximum atomic E-state index is 11.9. The number of benzene rings is 1. The molecule has 0 spiro atoms. The summed E-state index contributed by atoms with van der Waals surface area (Å²) >= 11 is 0. The van der Waals surface area contributed by atoms with Crippen molar-refractivity contribution in [1.82, 2.24) is 0 Å². The predicted molar refractivity (Wildman–Crippen MR) is 50.2 cm³/mol. The molecular weight excluding hydrogens is 222 g/mol. The number of aryl methyl sites for hydroxylation is 1. The van der Waals surface area contributed by atoms with Crippen LogP contribution in [0.3, 0.4) is 0 Å². The normalized spacial score (nSPS) is 10.2. The van der Waals surface area contributed by atoms with Gasteiger partial charge in [0.2, 0.25) is 0 Å². The molecule has 0 aliphatic heterocycles. The number of ether oxygens (including phenoxy) is 1. The fourth-order valence-corrected chi connectivity index (χ4v) is 1.27. The van der Waals surface area contributed by atoms with Crippen molar-refractivity contribution in [2.24, 2.45) is 0 Å². The Kier molecular flexibility index (Phi) is 3.55. The molecule has 0 saturated carbocycles. The van der Waals surface area contributed by atoms with Crippen LogP contribution in [0.4, 0.5) is 8.78 Å². The number of halogens is 2. The zero-order chi connectivity index (χ0) is 12.3. The third-order valence-corrected chi connectivity index (χ3v) is 1.93. The van der Waals surface area contributed by atoms with Gasteiger partial charge in [0.25, 0.3) is 0 Å². The van der Waals surface area contributed by atoms with Crippen LogP contribution >= 0.6 is 0 Å². The number of hydrogen-bond acceptors (Lipinski definition) is 3. The quantitative estimate of drug-likeness (QED) is 0.804. The molecular formula is C10H8F2O4. The summed E-state index contributed by atoms with van der Waals surface area (Å²) < 4.78 is 27.9. The van der Waals surface area contributed by atoms with Crippen LogP contribution in [0.25, 0.3) is 0 Å². The second kappa shape index (κ2) is 4.69. The topological polar surface area (TPSA) is 63.6 Å². The summed E-state index contributed by atoms with van der Waals surface area (Å²) in [4.78, 5) is 21.4. The first-order chi connectivity index (χ1) is 7.45. The van der Waals surface area contributed by atoms with Crippen molar-refractivity contribution >= 4 is 12.3 Å². The lowest BCUT2D eigenvalue weighted by Gasteiger charge is -2.09. The molecule has 0 radical (unpaired) electrons. The molecule has 0 aliphatic carbocycles. The number of carbonyl (C=O) groups excluding carboxylic acids is 1. The van der Waals surface area contributed by atoms with Gasteiger partial charge in [0, 0.05) is 5.56 Å². The van der Waals surface area contributed by atoms with Crippen LogP contribution in [0.15, 0.2) is 12.1 Å². The van der Waals surface area contributed by atoms with Crippen LogP contribution in [0, 0.1) is 6.92 Å². The minimum atomic E-state index is -3.04. The Morgan fingerprint density at radius 3 is 2.56 bits per heavy atom. The van der Waals surface area contributed by atoms with E-state index in [1.165, 1.54) is 13.0 Å². The van der Waals surface area contributed by atoms with Crippen LogP contribution in [0.2, 0.25) is 0 Å². The first-order valence-electron chi connectivity index (χ1n) is 4.23. The van der Waals surface area contributed by atoms with Gasteiger partial charge in [0.15, 0.2) is 6.29 Å². The average Bonchev–Trinajstić information content (AvgIpc) is 2.15. The Labute approximate surface area is 89.5 Å². The van der Waals surface area contributed by atoms with E-state index in [-0.39, 0.29) is 22.4 Å². The van der Waals surface area contributed by atoms with Crippen LogP contribution in [0.5, 0.6) is 5.75 Å². The SMILES string of the molecule is Cc1cc(OC(F)F)cc(C(=O)O)c1C=O. The van der Waals surface area contributed by atoms with Gasteiger partial charge >= 0.3 is 12.6 Å². The summed E-state index contributed by atoms with van der Waals surface area (Å²) in [5, 5.41) is 8.78. The zero-order valence-corrected chi connectivity index (χ0v) is 8.24. The van der Waals surface area contributed by atoms with E-state index in [0.29, 0.717) is 6.29 Å². The number of aldehydes is 1. The molecule has 16 heavy (non-hydrogen) atoms. The molecule has 0 saturated heterocycles. The van der Waals surface area contributed by atoms with E-state index in [1.54, 1.807) is 0 Å². The van der Waals surface area contributed by atoms with Gasteiger partial charge < -0.3 is 9.84 Å². The standard InChI is InChI=1S/C10H8F2O4/c1-5-2-6(16-10(11)12)3-7(9(14)15)8(5)4-13/h2-4,10H,1H3,(H,14,15). The lowest BCUT2D eigenvalue weighted by Crippen LogP contribution is -2.07. The van der Waals surface area contributed by atoms with E-state index in [1.807, 2.05) is 0 Å². The van der Waals surface area contributed by atoms with E-state index >= 15 is 0 Å². The summed E-state index contributed by atoms with van der Waals surface area (Å²) in [5.41, 5.74) is -0.134. The van der Waals surface area contributed by atoms with Crippen LogP contribution in [0.1, 0.15) is 26.3 Å². The van der Waals surface area contributed by atoms with Crippen molar-refractivity contribution in [2.75, 3.05) is 0 Å². The number of carboxylic acid groups (broad SMARTS) is 1. The van der Waals surface area contributed by atoms with E-state index in [0.717, 1.165) is 6.07 Å². The minimum Gasteiger partial charge on any atom is -0.478 e. The fraction of sp³-hybridized carbons (Fsp3) is 0.200. The maximum absolute atomic E-state index is 11.9. The average molecular weight is 230 g/mol. The lowest BCUT2D eigenvalue weighted by molar-refractivity contribution is -0.0499. The third-order valence-electron chi connectivity index (χ3n) is 1.93. The first kappa shape index (κ1) is 12.1. The highest BCUT2D eigenvalue weighted by molar-refractivity contribution is 5.98. The summed E-state index contributed by atoms with van der Waals surface area (Å²) in [6.45, 7) is -1.60. The van der Waals surface area contributed by atoms with Gasteiger partial charge in [-0.15, -0.1) is 0 Å². The highest BCUT2D eigenvalue weighted by atomic mass is 19.3. The molecule has 4 nitrogen and oxygen atoms in total. The smallest absolute Gasteiger partial charge is 0.387 e. The molecule has 0 atom stereocenters.